The van der Waals surface area contributed by atoms with Gasteiger partial charge in [0.1, 0.15) is 10.9 Å². The molecule has 0 bridgehead atoms. The lowest BCUT2D eigenvalue weighted by molar-refractivity contribution is -0.117. The minimum Gasteiger partial charge on any atom is -0.340 e. The van der Waals surface area contributed by atoms with Crippen LogP contribution in [0.1, 0.15) is 27.2 Å². The van der Waals surface area contributed by atoms with Gasteiger partial charge < -0.3 is 10.6 Å². The number of aryl methyl sites for hydroxylation is 3. The van der Waals surface area contributed by atoms with E-state index in [4.69, 9.17) is 0 Å². The first-order chi connectivity index (χ1) is 11.3. The van der Waals surface area contributed by atoms with Crippen LogP contribution in [-0.2, 0) is 11.8 Å². The number of hydrogen-bond acceptors (Lipinski definition) is 6. The fourth-order valence-corrected chi connectivity index (χ4v) is 3.97. The molecule has 3 rings (SSSR count). The molecule has 3 aromatic heterocycles. The van der Waals surface area contributed by atoms with Crippen LogP contribution in [0.4, 0.5) is 5.13 Å². The summed E-state index contributed by atoms with van der Waals surface area (Å²) in [5, 5.41) is 11.2. The molecule has 1 atom stereocenters. The monoisotopic (exact) mass is 363 g/mol. The quantitative estimate of drug-likeness (QED) is 0.745. The van der Waals surface area contributed by atoms with Crippen molar-refractivity contribution in [3.05, 3.63) is 27.7 Å². The Morgan fingerprint density at radius 2 is 2.04 bits per heavy atom. The molecular weight excluding hydrogens is 346 g/mol. The highest BCUT2D eigenvalue weighted by Gasteiger charge is 2.20. The molecule has 3 heterocycles. The Morgan fingerprint density at radius 3 is 2.67 bits per heavy atom. The van der Waals surface area contributed by atoms with E-state index in [1.54, 1.807) is 17.8 Å². The second-order valence-corrected chi connectivity index (χ2v) is 7.76. The summed E-state index contributed by atoms with van der Waals surface area (Å²) in [6.45, 7) is 5.47. The van der Waals surface area contributed by atoms with E-state index < -0.39 is 6.04 Å². The minimum absolute atomic E-state index is 0.270. The summed E-state index contributed by atoms with van der Waals surface area (Å²) in [5.74, 6) is -0.565. The van der Waals surface area contributed by atoms with Crippen LogP contribution in [-0.4, -0.2) is 32.6 Å². The first-order valence-corrected chi connectivity index (χ1v) is 8.95. The Labute approximate surface area is 146 Å². The third-order valence-electron chi connectivity index (χ3n) is 3.51. The van der Waals surface area contributed by atoms with Crippen LogP contribution in [0.15, 0.2) is 12.3 Å². The van der Waals surface area contributed by atoms with Gasteiger partial charge in [0.2, 0.25) is 5.91 Å². The van der Waals surface area contributed by atoms with Crippen molar-refractivity contribution < 1.29 is 9.59 Å². The molecule has 0 aromatic carbocycles. The maximum atomic E-state index is 12.4. The Hall–Kier alpha value is -2.26. The number of rotatable bonds is 4. The van der Waals surface area contributed by atoms with E-state index in [1.807, 2.05) is 27.0 Å². The van der Waals surface area contributed by atoms with Crippen molar-refractivity contribution in [2.45, 2.75) is 26.8 Å². The van der Waals surface area contributed by atoms with Crippen LogP contribution in [0, 0.1) is 13.8 Å². The number of thiophene rings is 1. The smallest absolute Gasteiger partial charge is 0.262 e. The zero-order chi connectivity index (χ0) is 17.4. The van der Waals surface area contributed by atoms with Gasteiger partial charge in [0, 0.05) is 23.5 Å². The van der Waals surface area contributed by atoms with Crippen LogP contribution in [0.3, 0.4) is 0 Å². The average molecular weight is 363 g/mol. The highest BCUT2D eigenvalue weighted by Crippen LogP contribution is 2.27. The van der Waals surface area contributed by atoms with Crippen molar-refractivity contribution in [3.8, 4) is 0 Å². The average Bonchev–Trinajstić information content (AvgIpc) is 3.18. The number of hydrogen-bond donors (Lipinski definition) is 2. The number of aromatic nitrogens is 3. The van der Waals surface area contributed by atoms with Gasteiger partial charge in [0.05, 0.1) is 10.6 Å². The zero-order valence-electron chi connectivity index (χ0n) is 13.7. The molecule has 3 aromatic rings. The molecule has 9 heteroatoms. The summed E-state index contributed by atoms with van der Waals surface area (Å²) < 4.78 is 1.76. The van der Waals surface area contributed by atoms with E-state index in [1.165, 1.54) is 22.7 Å². The SMILES string of the molecule is Cc1cnc(NC(=O)C(C)NC(=O)c2cc3c(C)nn(C)c3s2)s1. The molecule has 0 aliphatic rings. The zero-order valence-corrected chi connectivity index (χ0v) is 15.3. The normalized spacial score (nSPS) is 12.3. The van der Waals surface area contributed by atoms with E-state index in [0.717, 1.165) is 20.8 Å². The number of carbonyl (C=O) groups is 2. The molecule has 1 unspecified atom stereocenters. The van der Waals surface area contributed by atoms with Crippen molar-refractivity contribution in [1.29, 1.82) is 0 Å². The van der Waals surface area contributed by atoms with Crippen molar-refractivity contribution in [1.82, 2.24) is 20.1 Å². The molecule has 2 N–H and O–H groups in total. The second kappa shape index (κ2) is 6.33. The minimum atomic E-state index is -0.661. The molecule has 126 valence electrons. The molecule has 0 fully saturated rings. The number of nitrogens with zero attached hydrogens (tertiary/aromatic N) is 3. The molecule has 0 aliphatic heterocycles. The van der Waals surface area contributed by atoms with E-state index in [2.05, 4.69) is 20.7 Å². The van der Waals surface area contributed by atoms with Crippen LogP contribution >= 0.6 is 22.7 Å². The number of carbonyl (C=O) groups excluding carboxylic acids is 2. The van der Waals surface area contributed by atoms with Gasteiger partial charge in [-0.15, -0.1) is 22.7 Å². The summed E-state index contributed by atoms with van der Waals surface area (Å²) in [6.07, 6.45) is 1.69. The lowest BCUT2D eigenvalue weighted by Gasteiger charge is -2.12. The van der Waals surface area contributed by atoms with Gasteiger partial charge in [-0.2, -0.15) is 5.10 Å². The summed E-state index contributed by atoms with van der Waals surface area (Å²) in [4.78, 5) is 31.1. The maximum Gasteiger partial charge on any atom is 0.262 e. The number of fused-ring (bicyclic) bond motifs is 1. The standard InChI is InChI=1S/C15H17N5O2S2/c1-7-6-16-15(23-7)18-12(21)9(3)17-13(22)11-5-10-8(2)19-20(4)14(10)24-11/h5-6,9H,1-4H3,(H,17,22)(H,16,18,21). The topological polar surface area (TPSA) is 88.9 Å². The third-order valence-corrected chi connectivity index (χ3v) is 5.54. The molecular formula is C15H17N5O2S2. The van der Waals surface area contributed by atoms with Gasteiger partial charge in [-0.3, -0.25) is 14.3 Å². The molecule has 0 aliphatic carbocycles. The Kier molecular flexibility index (Phi) is 4.37. The predicted molar refractivity (Wildman–Crippen MR) is 95.7 cm³/mol. The van der Waals surface area contributed by atoms with E-state index in [9.17, 15) is 9.59 Å². The largest absolute Gasteiger partial charge is 0.340 e. The van der Waals surface area contributed by atoms with Gasteiger partial charge in [0.15, 0.2) is 5.13 Å². The van der Waals surface area contributed by atoms with E-state index >= 15 is 0 Å². The molecule has 0 radical (unpaired) electrons. The van der Waals surface area contributed by atoms with Gasteiger partial charge in [-0.25, -0.2) is 4.98 Å². The summed E-state index contributed by atoms with van der Waals surface area (Å²) in [5.41, 5.74) is 0.882. The molecule has 0 saturated carbocycles. The fraction of sp³-hybridized carbons (Fsp3) is 0.333. The summed E-state index contributed by atoms with van der Waals surface area (Å²) in [7, 11) is 1.85. The second-order valence-electron chi connectivity index (χ2n) is 5.50. The lowest BCUT2D eigenvalue weighted by atomic mass is 10.2. The Bertz CT molecular complexity index is 889. The Balaban J connectivity index is 1.68. The number of thiazole rings is 1. The van der Waals surface area contributed by atoms with Crippen molar-refractivity contribution in [3.63, 3.8) is 0 Å². The third kappa shape index (κ3) is 3.17. The fourth-order valence-electron chi connectivity index (χ4n) is 2.28. The molecule has 24 heavy (non-hydrogen) atoms. The summed E-state index contributed by atoms with van der Waals surface area (Å²) in [6, 6.07) is 1.15. The van der Waals surface area contributed by atoms with Crippen LogP contribution in [0.2, 0.25) is 0 Å². The van der Waals surface area contributed by atoms with Crippen molar-refractivity contribution in [2.75, 3.05) is 5.32 Å². The van der Waals surface area contributed by atoms with E-state index in [0.29, 0.717) is 10.0 Å². The van der Waals surface area contributed by atoms with Gasteiger partial charge in [-0.05, 0) is 26.8 Å². The highest BCUT2D eigenvalue weighted by molar-refractivity contribution is 7.20. The lowest BCUT2D eigenvalue weighted by Crippen LogP contribution is -2.41. The van der Waals surface area contributed by atoms with Gasteiger partial charge in [-0.1, -0.05) is 0 Å². The summed E-state index contributed by atoms with van der Waals surface area (Å²) >= 11 is 2.75. The molecule has 0 spiro atoms. The van der Waals surface area contributed by atoms with Crippen molar-refractivity contribution >= 4 is 49.8 Å². The van der Waals surface area contributed by atoms with Crippen LogP contribution < -0.4 is 10.6 Å². The number of anilines is 1. The first kappa shape index (κ1) is 16.6. The number of nitrogens with one attached hydrogen (secondary N) is 2. The predicted octanol–water partition coefficient (Wildman–Crippen LogP) is 2.47. The van der Waals surface area contributed by atoms with Gasteiger partial charge >= 0.3 is 0 Å². The Morgan fingerprint density at radius 1 is 1.29 bits per heavy atom. The van der Waals surface area contributed by atoms with Crippen LogP contribution in [0.5, 0.6) is 0 Å². The first-order valence-electron chi connectivity index (χ1n) is 7.32. The van der Waals surface area contributed by atoms with Crippen LogP contribution in [0.25, 0.3) is 10.2 Å². The van der Waals surface area contributed by atoms with Gasteiger partial charge in [0.25, 0.3) is 5.91 Å². The van der Waals surface area contributed by atoms with Crippen molar-refractivity contribution in [2.24, 2.45) is 7.05 Å². The number of amides is 2. The van der Waals surface area contributed by atoms with E-state index in [-0.39, 0.29) is 11.8 Å². The maximum absolute atomic E-state index is 12.4. The molecule has 0 saturated heterocycles. The molecule has 7 nitrogen and oxygen atoms in total. The highest BCUT2D eigenvalue weighted by atomic mass is 32.1. The molecule has 2 amide bonds.